The zero-order valence-electron chi connectivity index (χ0n) is 10.6. The van der Waals surface area contributed by atoms with E-state index in [1.807, 2.05) is 37.3 Å². The van der Waals surface area contributed by atoms with Gasteiger partial charge in [-0.25, -0.2) is 0 Å². The van der Waals surface area contributed by atoms with Crippen molar-refractivity contribution in [3.8, 4) is 6.07 Å². The summed E-state index contributed by atoms with van der Waals surface area (Å²) in [5.41, 5.74) is 1.05. The Labute approximate surface area is 103 Å². The summed E-state index contributed by atoms with van der Waals surface area (Å²) < 4.78 is 0. The van der Waals surface area contributed by atoms with Crippen LogP contribution in [0.1, 0.15) is 24.8 Å². The fraction of sp³-hybridized carbons (Fsp3) is 0.429. The molecule has 0 heterocycles. The van der Waals surface area contributed by atoms with Gasteiger partial charge in [-0.15, -0.1) is 0 Å². The number of amides is 1. The highest BCUT2D eigenvalue weighted by Crippen LogP contribution is 2.28. The van der Waals surface area contributed by atoms with E-state index in [0.29, 0.717) is 6.42 Å². The number of nitriles is 1. The van der Waals surface area contributed by atoms with E-state index in [9.17, 15) is 4.79 Å². The third kappa shape index (κ3) is 3.60. The van der Waals surface area contributed by atoms with Crippen LogP contribution in [-0.4, -0.2) is 24.9 Å². The first kappa shape index (κ1) is 13.2. The van der Waals surface area contributed by atoms with Crippen molar-refractivity contribution in [3.05, 3.63) is 35.9 Å². The Kier molecular flexibility index (Phi) is 4.71. The minimum absolute atomic E-state index is 0.0314. The zero-order valence-corrected chi connectivity index (χ0v) is 10.6. The topological polar surface area (TPSA) is 44.1 Å². The van der Waals surface area contributed by atoms with E-state index < -0.39 is 0 Å². The zero-order chi connectivity index (χ0) is 12.8. The van der Waals surface area contributed by atoms with Gasteiger partial charge in [-0.2, -0.15) is 5.26 Å². The number of carbonyl (C=O) groups excluding carboxylic acids is 1. The Balaban J connectivity index is 2.90. The second kappa shape index (κ2) is 6.05. The summed E-state index contributed by atoms with van der Waals surface area (Å²) >= 11 is 0. The molecule has 0 bridgehead atoms. The summed E-state index contributed by atoms with van der Waals surface area (Å²) in [6, 6.07) is 12.0. The average molecular weight is 230 g/mol. The minimum Gasteiger partial charge on any atom is -0.349 e. The largest absolute Gasteiger partial charge is 0.349 e. The van der Waals surface area contributed by atoms with Crippen molar-refractivity contribution in [2.75, 3.05) is 14.1 Å². The lowest BCUT2D eigenvalue weighted by molar-refractivity contribution is -0.129. The number of hydrogen-bond donors (Lipinski definition) is 0. The molecule has 0 N–H and O–H groups in total. The van der Waals surface area contributed by atoms with Crippen LogP contribution >= 0.6 is 0 Å². The highest BCUT2D eigenvalue weighted by molar-refractivity contribution is 5.76. The molecule has 0 aliphatic carbocycles. The van der Waals surface area contributed by atoms with Crippen LogP contribution in [0, 0.1) is 17.2 Å². The second-order valence-electron chi connectivity index (χ2n) is 4.43. The molecule has 3 heteroatoms. The molecule has 2 atom stereocenters. The van der Waals surface area contributed by atoms with E-state index in [1.165, 1.54) is 0 Å². The molecule has 0 saturated heterocycles. The predicted octanol–water partition coefficient (Wildman–Crippen LogP) is 2.41. The van der Waals surface area contributed by atoms with Gasteiger partial charge < -0.3 is 4.90 Å². The summed E-state index contributed by atoms with van der Waals surface area (Å²) in [6.07, 6.45) is 0.381. The van der Waals surface area contributed by atoms with E-state index in [4.69, 9.17) is 5.26 Å². The van der Waals surface area contributed by atoms with Crippen LogP contribution in [-0.2, 0) is 4.79 Å². The standard InChI is InChI=1S/C14H18N2O/c1-11(10-15)13(9-14(17)16(2)3)12-7-5-4-6-8-12/h4-8,11,13H,9H2,1-3H3/t11-,13+/m1/s1. The Hall–Kier alpha value is -1.82. The van der Waals surface area contributed by atoms with Crippen LogP contribution < -0.4 is 0 Å². The summed E-state index contributed by atoms with van der Waals surface area (Å²) in [7, 11) is 3.48. The lowest BCUT2D eigenvalue weighted by atomic mass is 9.85. The number of benzene rings is 1. The molecule has 17 heavy (non-hydrogen) atoms. The lowest BCUT2D eigenvalue weighted by Crippen LogP contribution is -2.25. The molecule has 0 aliphatic heterocycles. The van der Waals surface area contributed by atoms with Gasteiger partial charge in [-0.1, -0.05) is 30.3 Å². The maximum atomic E-state index is 11.8. The van der Waals surface area contributed by atoms with Crippen molar-refractivity contribution in [3.63, 3.8) is 0 Å². The molecule has 0 spiro atoms. The van der Waals surface area contributed by atoms with Crippen LogP contribution in [0.3, 0.4) is 0 Å². The van der Waals surface area contributed by atoms with Gasteiger partial charge in [-0.05, 0) is 12.5 Å². The van der Waals surface area contributed by atoms with Gasteiger partial charge in [0.25, 0.3) is 0 Å². The third-order valence-electron chi connectivity index (χ3n) is 2.93. The van der Waals surface area contributed by atoms with Crippen molar-refractivity contribution in [2.45, 2.75) is 19.3 Å². The summed E-state index contributed by atoms with van der Waals surface area (Å²) in [6.45, 7) is 1.86. The minimum atomic E-state index is -0.165. The van der Waals surface area contributed by atoms with E-state index in [2.05, 4.69) is 6.07 Å². The number of hydrogen-bond acceptors (Lipinski definition) is 2. The SMILES string of the molecule is C[C@H](C#N)[C@H](CC(=O)N(C)C)c1ccccc1. The number of rotatable bonds is 4. The normalized spacial score (nSPS) is 13.5. The summed E-state index contributed by atoms with van der Waals surface area (Å²) in [5.74, 6) is -0.140. The fourth-order valence-electron chi connectivity index (χ4n) is 1.74. The summed E-state index contributed by atoms with van der Waals surface area (Å²) in [4.78, 5) is 13.3. The van der Waals surface area contributed by atoms with Gasteiger partial charge in [0.15, 0.2) is 0 Å². The van der Waals surface area contributed by atoms with E-state index in [-0.39, 0.29) is 17.7 Å². The van der Waals surface area contributed by atoms with Crippen molar-refractivity contribution < 1.29 is 4.79 Å². The van der Waals surface area contributed by atoms with Crippen molar-refractivity contribution in [2.24, 2.45) is 5.92 Å². The molecule has 1 aromatic rings. The Morgan fingerprint density at radius 3 is 2.41 bits per heavy atom. The number of nitrogens with zero attached hydrogens (tertiary/aromatic N) is 2. The molecular weight excluding hydrogens is 212 g/mol. The third-order valence-corrected chi connectivity index (χ3v) is 2.93. The van der Waals surface area contributed by atoms with E-state index >= 15 is 0 Å². The van der Waals surface area contributed by atoms with Crippen molar-refractivity contribution in [1.29, 1.82) is 5.26 Å². The summed E-state index contributed by atoms with van der Waals surface area (Å²) in [5, 5.41) is 9.04. The maximum absolute atomic E-state index is 11.8. The van der Waals surface area contributed by atoms with Crippen LogP contribution in [0.5, 0.6) is 0 Å². The van der Waals surface area contributed by atoms with Gasteiger partial charge in [-0.3, -0.25) is 4.79 Å². The molecule has 0 saturated carbocycles. The van der Waals surface area contributed by atoms with Gasteiger partial charge in [0.05, 0.1) is 12.0 Å². The molecule has 1 aromatic carbocycles. The number of carbonyl (C=O) groups is 1. The molecule has 3 nitrogen and oxygen atoms in total. The molecular formula is C14H18N2O. The second-order valence-corrected chi connectivity index (χ2v) is 4.43. The Morgan fingerprint density at radius 2 is 1.94 bits per heavy atom. The Bertz CT molecular complexity index is 406. The lowest BCUT2D eigenvalue weighted by Gasteiger charge is -2.21. The molecule has 0 aliphatic rings. The maximum Gasteiger partial charge on any atom is 0.222 e. The highest BCUT2D eigenvalue weighted by atomic mass is 16.2. The van der Waals surface area contributed by atoms with Crippen molar-refractivity contribution in [1.82, 2.24) is 4.90 Å². The van der Waals surface area contributed by atoms with Gasteiger partial charge in [0.2, 0.25) is 5.91 Å². The highest BCUT2D eigenvalue weighted by Gasteiger charge is 2.22. The van der Waals surface area contributed by atoms with Crippen LogP contribution in [0.2, 0.25) is 0 Å². The van der Waals surface area contributed by atoms with Crippen molar-refractivity contribution >= 4 is 5.91 Å². The molecule has 90 valence electrons. The first-order valence-electron chi connectivity index (χ1n) is 5.71. The first-order valence-corrected chi connectivity index (χ1v) is 5.71. The van der Waals surface area contributed by atoms with Crippen LogP contribution in [0.25, 0.3) is 0 Å². The monoisotopic (exact) mass is 230 g/mol. The van der Waals surface area contributed by atoms with Crippen LogP contribution in [0.4, 0.5) is 0 Å². The smallest absolute Gasteiger partial charge is 0.222 e. The van der Waals surface area contributed by atoms with Gasteiger partial charge in [0, 0.05) is 26.4 Å². The molecule has 0 fully saturated rings. The van der Waals surface area contributed by atoms with Gasteiger partial charge >= 0.3 is 0 Å². The predicted molar refractivity (Wildman–Crippen MR) is 67.3 cm³/mol. The molecule has 0 aromatic heterocycles. The Morgan fingerprint density at radius 1 is 1.35 bits per heavy atom. The molecule has 0 unspecified atom stereocenters. The fourth-order valence-corrected chi connectivity index (χ4v) is 1.74. The molecule has 1 rings (SSSR count). The first-order chi connectivity index (χ1) is 8.06. The molecule has 0 radical (unpaired) electrons. The van der Waals surface area contributed by atoms with E-state index in [0.717, 1.165) is 5.56 Å². The van der Waals surface area contributed by atoms with E-state index in [1.54, 1.807) is 19.0 Å². The average Bonchev–Trinajstić information content (AvgIpc) is 2.35. The van der Waals surface area contributed by atoms with Gasteiger partial charge in [0.1, 0.15) is 0 Å². The van der Waals surface area contributed by atoms with Crippen LogP contribution in [0.15, 0.2) is 30.3 Å². The quantitative estimate of drug-likeness (QED) is 0.797. The molecule has 1 amide bonds.